The Morgan fingerprint density at radius 1 is 1.31 bits per heavy atom. The third-order valence-electron chi connectivity index (χ3n) is 4.35. The molecule has 1 atom stereocenters. The van der Waals surface area contributed by atoms with Crippen LogP contribution in [0.15, 0.2) is 59.1 Å². The molecule has 0 aliphatic heterocycles. The summed E-state index contributed by atoms with van der Waals surface area (Å²) in [6.07, 6.45) is 3.28. The Bertz CT molecular complexity index is 829. The van der Waals surface area contributed by atoms with Crippen LogP contribution in [-0.2, 0) is 6.61 Å². The molecule has 2 rings (SSSR count). The first-order valence-corrected chi connectivity index (χ1v) is 11.5. The van der Waals surface area contributed by atoms with Crippen LogP contribution in [0, 0.1) is 10.1 Å². The van der Waals surface area contributed by atoms with Crippen LogP contribution in [0.3, 0.4) is 0 Å². The monoisotopic (exact) mass is 464 g/mol. The van der Waals surface area contributed by atoms with E-state index in [1.54, 1.807) is 24.1 Å². The molecule has 0 saturated heterocycles. The Labute approximate surface area is 193 Å². The molecule has 0 amide bonds. The second kappa shape index (κ2) is 14.4. The maximum absolute atomic E-state index is 10.9. The van der Waals surface area contributed by atoms with Gasteiger partial charge in [-0.3, -0.25) is 10.1 Å². The van der Waals surface area contributed by atoms with Crippen LogP contribution in [0.25, 0.3) is 0 Å². The van der Waals surface area contributed by atoms with E-state index < -0.39 is 4.92 Å². The lowest BCUT2D eigenvalue weighted by atomic mass is 10.2. The summed E-state index contributed by atoms with van der Waals surface area (Å²) in [5.41, 5.74) is 0.791. The maximum Gasteiger partial charge on any atom is 0.274 e. The first-order chi connectivity index (χ1) is 15.5. The summed E-state index contributed by atoms with van der Waals surface area (Å²) in [5.74, 6) is 2.75. The average Bonchev–Trinajstić information content (AvgIpc) is 3.29. The fourth-order valence-electron chi connectivity index (χ4n) is 2.90. The van der Waals surface area contributed by atoms with Gasteiger partial charge in [-0.2, -0.15) is 0 Å². The van der Waals surface area contributed by atoms with Crippen LogP contribution in [0.5, 0.6) is 5.75 Å². The van der Waals surface area contributed by atoms with Crippen molar-refractivity contribution in [3.63, 3.8) is 0 Å². The van der Waals surface area contributed by atoms with E-state index in [0.717, 1.165) is 29.8 Å². The van der Waals surface area contributed by atoms with Gasteiger partial charge in [0.15, 0.2) is 5.82 Å². The molecule has 1 unspecified atom stereocenters. The van der Waals surface area contributed by atoms with Crippen LogP contribution in [0.4, 0.5) is 0 Å². The second-order valence-electron chi connectivity index (χ2n) is 7.33. The molecule has 2 aromatic rings. The summed E-state index contributed by atoms with van der Waals surface area (Å²) in [4.78, 5) is 12.6. The van der Waals surface area contributed by atoms with Crippen LogP contribution in [0.2, 0.25) is 0 Å². The minimum atomic E-state index is -0.475. The summed E-state index contributed by atoms with van der Waals surface area (Å²) in [6, 6.07) is 11.1. The quantitative estimate of drug-likeness (QED) is 0.196. The normalized spacial score (nSPS) is 12.6. The van der Waals surface area contributed by atoms with Crippen molar-refractivity contribution < 1.29 is 19.2 Å². The average molecular weight is 465 g/mol. The Kier molecular flexibility index (Phi) is 11.5. The number of rotatable bonds is 16. The van der Waals surface area contributed by atoms with E-state index in [9.17, 15) is 10.1 Å². The molecular formula is C22H32N4O5S. The van der Waals surface area contributed by atoms with Gasteiger partial charge in [0, 0.05) is 25.4 Å². The smallest absolute Gasteiger partial charge is 0.274 e. The molecule has 1 aromatic carbocycles. The lowest BCUT2D eigenvalue weighted by Crippen LogP contribution is -2.30. The summed E-state index contributed by atoms with van der Waals surface area (Å²) in [7, 11) is 4.04. The predicted molar refractivity (Wildman–Crippen MR) is 126 cm³/mol. The summed E-state index contributed by atoms with van der Waals surface area (Å²) in [5, 5.41) is 26.5. The zero-order chi connectivity index (χ0) is 23.2. The number of furan rings is 1. The van der Waals surface area contributed by atoms with E-state index in [4.69, 9.17) is 14.3 Å². The minimum absolute atomic E-state index is 0.0326. The highest BCUT2D eigenvalue weighted by Gasteiger charge is 2.16. The van der Waals surface area contributed by atoms with Gasteiger partial charge in [0.1, 0.15) is 11.5 Å². The summed E-state index contributed by atoms with van der Waals surface area (Å²) < 4.78 is 11.2. The number of thioether (sulfide) groups is 1. The third kappa shape index (κ3) is 10.1. The first-order valence-electron chi connectivity index (χ1n) is 10.4. The van der Waals surface area contributed by atoms with Gasteiger partial charge in [-0.15, -0.1) is 11.8 Å². The molecular weight excluding hydrogens is 432 g/mol. The van der Waals surface area contributed by atoms with E-state index in [2.05, 4.69) is 15.5 Å². The van der Waals surface area contributed by atoms with Crippen molar-refractivity contribution in [1.29, 1.82) is 0 Å². The molecule has 0 saturated carbocycles. The lowest BCUT2D eigenvalue weighted by Gasteiger charge is -2.19. The SMILES string of the molecule is CN(C)CC(SCCNC(=C[N+](=O)[O-])NCCCOc1cccc(CO)c1)c1ccco1. The Balaban J connectivity index is 1.71. The Hall–Kier alpha value is -2.69. The number of benzene rings is 1. The number of hydrogen-bond acceptors (Lipinski definition) is 9. The molecule has 0 radical (unpaired) electrons. The Morgan fingerprint density at radius 2 is 2.12 bits per heavy atom. The number of aliphatic hydroxyl groups is 1. The highest BCUT2D eigenvalue weighted by Crippen LogP contribution is 2.29. The van der Waals surface area contributed by atoms with E-state index in [1.165, 1.54) is 0 Å². The van der Waals surface area contributed by atoms with Gasteiger partial charge in [-0.05, 0) is 50.3 Å². The molecule has 0 bridgehead atoms. The molecule has 1 heterocycles. The number of aliphatic hydroxyl groups excluding tert-OH is 1. The van der Waals surface area contributed by atoms with E-state index in [0.29, 0.717) is 37.7 Å². The lowest BCUT2D eigenvalue weighted by molar-refractivity contribution is -0.404. The molecule has 1 aromatic heterocycles. The van der Waals surface area contributed by atoms with Crippen molar-refractivity contribution >= 4 is 11.8 Å². The number of hydrogen-bond donors (Lipinski definition) is 3. The minimum Gasteiger partial charge on any atom is -0.494 e. The highest BCUT2D eigenvalue weighted by molar-refractivity contribution is 7.99. The fraction of sp³-hybridized carbons (Fsp3) is 0.455. The van der Waals surface area contributed by atoms with Crippen molar-refractivity contribution in [3.8, 4) is 5.75 Å². The number of nitro groups is 1. The van der Waals surface area contributed by atoms with Gasteiger partial charge in [-0.25, -0.2) is 0 Å². The van der Waals surface area contributed by atoms with Crippen molar-refractivity contribution in [3.05, 3.63) is 76.1 Å². The summed E-state index contributed by atoms with van der Waals surface area (Å²) >= 11 is 1.74. The molecule has 3 N–H and O–H groups in total. The van der Waals surface area contributed by atoms with Crippen LogP contribution < -0.4 is 15.4 Å². The van der Waals surface area contributed by atoms with Crippen LogP contribution in [-0.4, -0.2) is 61.0 Å². The number of ether oxygens (including phenoxy) is 1. The molecule has 10 heteroatoms. The van der Waals surface area contributed by atoms with Crippen molar-refractivity contribution in [1.82, 2.24) is 15.5 Å². The molecule has 0 fully saturated rings. The number of nitrogens with zero attached hydrogens (tertiary/aromatic N) is 2. The third-order valence-corrected chi connectivity index (χ3v) is 5.57. The number of nitrogens with one attached hydrogen (secondary N) is 2. The van der Waals surface area contributed by atoms with Gasteiger partial charge >= 0.3 is 0 Å². The molecule has 0 aliphatic rings. The molecule has 9 nitrogen and oxygen atoms in total. The molecule has 32 heavy (non-hydrogen) atoms. The van der Waals surface area contributed by atoms with Crippen molar-refractivity contribution in [2.45, 2.75) is 18.3 Å². The van der Waals surface area contributed by atoms with Crippen molar-refractivity contribution in [2.75, 3.05) is 46.1 Å². The standard InChI is InChI=1S/C22H32N4O5S/c1-25(2)15-21(20-8-4-11-31-20)32-13-10-24-22(16-26(28)29)23-9-5-12-30-19-7-3-6-18(14-19)17-27/h3-4,6-8,11,14,16,21,23-24,27H,5,9-10,12-13,15,17H2,1-2H3. The molecule has 0 aliphatic carbocycles. The fourth-order valence-corrected chi connectivity index (χ4v) is 4.10. The van der Waals surface area contributed by atoms with Gasteiger partial charge in [-0.1, -0.05) is 12.1 Å². The predicted octanol–water partition coefficient (Wildman–Crippen LogP) is 2.83. The maximum atomic E-state index is 10.9. The largest absolute Gasteiger partial charge is 0.494 e. The summed E-state index contributed by atoms with van der Waals surface area (Å²) in [6.45, 7) is 2.37. The van der Waals surface area contributed by atoms with Gasteiger partial charge in [0.2, 0.25) is 0 Å². The first kappa shape index (κ1) is 25.6. The van der Waals surface area contributed by atoms with E-state index in [1.807, 2.05) is 44.4 Å². The second-order valence-corrected chi connectivity index (χ2v) is 8.64. The number of likely N-dealkylation sites (N-methyl/N-ethyl adjacent to an activating group) is 1. The van der Waals surface area contributed by atoms with E-state index in [-0.39, 0.29) is 11.9 Å². The molecule has 176 valence electrons. The van der Waals surface area contributed by atoms with Gasteiger partial charge in [0.05, 0.1) is 29.7 Å². The topological polar surface area (TPSA) is 113 Å². The molecule has 0 spiro atoms. The van der Waals surface area contributed by atoms with E-state index >= 15 is 0 Å². The van der Waals surface area contributed by atoms with Gasteiger partial charge < -0.3 is 29.8 Å². The van der Waals surface area contributed by atoms with Crippen LogP contribution >= 0.6 is 11.8 Å². The highest BCUT2D eigenvalue weighted by atomic mass is 32.2. The zero-order valence-corrected chi connectivity index (χ0v) is 19.3. The van der Waals surface area contributed by atoms with Crippen LogP contribution in [0.1, 0.15) is 23.0 Å². The zero-order valence-electron chi connectivity index (χ0n) is 18.5. The van der Waals surface area contributed by atoms with Crippen molar-refractivity contribution in [2.24, 2.45) is 0 Å². The Morgan fingerprint density at radius 3 is 2.81 bits per heavy atom. The van der Waals surface area contributed by atoms with Gasteiger partial charge in [0.25, 0.3) is 6.20 Å².